The summed E-state index contributed by atoms with van der Waals surface area (Å²) in [6.07, 6.45) is 8.89. The Kier molecular flexibility index (Phi) is 5.87. The molecule has 5 nitrogen and oxygen atoms in total. The summed E-state index contributed by atoms with van der Waals surface area (Å²) in [7, 11) is 1.74. The maximum absolute atomic E-state index is 6.06. The van der Waals surface area contributed by atoms with Gasteiger partial charge in [-0.25, -0.2) is 0 Å². The Morgan fingerprint density at radius 3 is 2.67 bits per heavy atom. The number of benzene rings is 1. The number of nitrogens with one attached hydrogen (secondary N) is 1. The van der Waals surface area contributed by atoms with Crippen LogP contribution in [-0.2, 0) is 9.47 Å². The van der Waals surface area contributed by atoms with E-state index in [1.807, 2.05) is 12.1 Å². The van der Waals surface area contributed by atoms with Crippen LogP contribution in [0.3, 0.4) is 0 Å². The second-order valence-electron chi connectivity index (χ2n) is 7.53. The summed E-state index contributed by atoms with van der Waals surface area (Å²) in [5.41, 5.74) is 1.21. The first-order valence-electron chi connectivity index (χ1n) is 10.1. The molecule has 0 spiro atoms. The highest BCUT2D eigenvalue weighted by Gasteiger charge is 2.25. The molecule has 1 atom stereocenters. The summed E-state index contributed by atoms with van der Waals surface area (Å²) in [6.45, 7) is 4.69. The van der Waals surface area contributed by atoms with Crippen molar-refractivity contribution >= 4 is 5.69 Å². The smallest absolute Gasteiger partial charge is 0.157 e. The van der Waals surface area contributed by atoms with Crippen LogP contribution in [0.1, 0.15) is 25.7 Å². The van der Waals surface area contributed by atoms with E-state index in [0.29, 0.717) is 12.5 Å². The van der Waals surface area contributed by atoms with Gasteiger partial charge in [-0.1, -0.05) is 12.1 Å². The Hall–Kier alpha value is -2.14. The molecule has 0 aromatic heterocycles. The third kappa shape index (κ3) is 4.41. The largest absolute Gasteiger partial charge is 0.495 e. The number of para-hydroxylation sites is 2. The number of allylic oxidation sites excluding steroid dienone is 2. The van der Waals surface area contributed by atoms with Gasteiger partial charge in [-0.15, -0.1) is 0 Å². The molecule has 0 amide bonds. The number of fused-ring (bicyclic) bond motifs is 1. The lowest BCUT2D eigenvalue weighted by Crippen LogP contribution is -2.41. The third-order valence-corrected chi connectivity index (χ3v) is 5.63. The number of nitrogens with zero attached hydrogens (tertiary/aromatic N) is 1. The Morgan fingerprint density at radius 2 is 1.85 bits per heavy atom. The Labute approximate surface area is 162 Å². The fourth-order valence-electron chi connectivity index (χ4n) is 4.08. The van der Waals surface area contributed by atoms with Crippen molar-refractivity contribution in [3.63, 3.8) is 0 Å². The molecule has 3 aliphatic rings. The molecular formula is C22H30N2O3. The van der Waals surface area contributed by atoms with Crippen LogP contribution in [0.2, 0.25) is 0 Å². The molecule has 2 saturated heterocycles. The molecule has 1 aliphatic carbocycles. The standard InChI is InChI=1S/C22H30N2O3/c1-25-20-7-3-2-6-19(20)24-12-10-17(11-13-24)14-23-15-18-16-26-21-8-4-5-9-22(21)27-18/h2-3,6-9,17-18,23H,4-5,10-16H2,1H3. The molecule has 1 unspecified atom stereocenters. The molecular weight excluding hydrogens is 340 g/mol. The number of ether oxygens (including phenoxy) is 3. The molecule has 0 radical (unpaired) electrons. The van der Waals surface area contributed by atoms with Crippen molar-refractivity contribution in [3.8, 4) is 5.75 Å². The SMILES string of the molecule is COc1ccccc1N1CCC(CNCC2COC3=CCCC=C3O2)CC1. The Bertz CT molecular complexity index is 693. The summed E-state index contributed by atoms with van der Waals surface area (Å²) in [4.78, 5) is 2.44. The van der Waals surface area contributed by atoms with E-state index >= 15 is 0 Å². The zero-order valence-corrected chi connectivity index (χ0v) is 16.2. The van der Waals surface area contributed by atoms with Gasteiger partial charge in [0.15, 0.2) is 11.5 Å². The molecule has 27 heavy (non-hydrogen) atoms. The zero-order chi connectivity index (χ0) is 18.5. The third-order valence-electron chi connectivity index (χ3n) is 5.63. The normalized spacial score (nSPS) is 22.9. The Morgan fingerprint density at radius 1 is 1.07 bits per heavy atom. The molecule has 5 heteroatoms. The Balaban J connectivity index is 1.19. The minimum atomic E-state index is 0.111. The van der Waals surface area contributed by atoms with Gasteiger partial charge in [0.2, 0.25) is 0 Å². The van der Waals surface area contributed by atoms with E-state index in [2.05, 4.69) is 34.5 Å². The number of anilines is 1. The number of hydrogen-bond acceptors (Lipinski definition) is 5. The first-order chi connectivity index (χ1) is 13.3. The van der Waals surface area contributed by atoms with Gasteiger partial charge in [-0.05, 0) is 62.4 Å². The van der Waals surface area contributed by atoms with Crippen LogP contribution in [-0.4, -0.2) is 46.0 Å². The second-order valence-corrected chi connectivity index (χ2v) is 7.53. The van der Waals surface area contributed by atoms with E-state index in [4.69, 9.17) is 14.2 Å². The van der Waals surface area contributed by atoms with Crippen LogP contribution < -0.4 is 15.0 Å². The minimum Gasteiger partial charge on any atom is -0.495 e. The van der Waals surface area contributed by atoms with Gasteiger partial charge in [0.05, 0.1) is 12.8 Å². The van der Waals surface area contributed by atoms with Crippen LogP contribution in [0.15, 0.2) is 47.9 Å². The van der Waals surface area contributed by atoms with E-state index in [1.165, 1.54) is 18.5 Å². The highest BCUT2D eigenvalue weighted by molar-refractivity contribution is 5.58. The predicted molar refractivity (Wildman–Crippen MR) is 107 cm³/mol. The van der Waals surface area contributed by atoms with Gasteiger partial charge in [-0.2, -0.15) is 0 Å². The first-order valence-corrected chi connectivity index (χ1v) is 10.1. The van der Waals surface area contributed by atoms with Crippen molar-refractivity contribution in [1.29, 1.82) is 0 Å². The molecule has 1 N–H and O–H groups in total. The molecule has 1 aromatic carbocycles. The van der Waals surface area contributed by atoms with Crippen molar-refractivity contribution in [2.24, 2.45) is 5.92 Å². The van der Waals surface area contributed by atoms with E-state index in [-0.39, 0.29) is 6.10 Å². The van der Waals surface area contributed by atoms with Gasteiger partial charge in [-0.3, -0.25) is 0 Å². The van der Waals surface area contributed by atoms with Crippen molar-refractivity contribution in [2.75, 3.05) is 44.8 Å². The molecule has 1 aromatic rings. The van der Waals surface area contributed by atoms with Crippen molar-refractivity contribution < 1.29 is 14.2 Å². The summed E-state index contributed by atoms with van der Waals surface area (Å²) < 4.78 is 17.4. The maximum atomic E-state index is 6.06. The molecule has 146 valence electrons. The minimum absolute atomic E-state index is 0.111. The second kappa shape index (κ2) is 8.70. The topological polar surface area (TPSA) is 43.0 Å². The fourth-order valence-corrected chi connectivity index (χ4v) is 4.08. The fraction of sp³-hybridized carbons (Fsp3) is 0.545. The summed E-state index contributed by atoms with van der Waals surface area (Å²) >= 11 is 0. The molecule has 0 saturated carbocycles. The van der Waals surface area contributed by atoms with E-state index < -0.39 is 0 Å². The molecule has 0 bridgehead atoms. The van der Waals surface area contributed by atoms with Gasteiger partial charge in [0.25, 0.3) is 0 Å². The average Bonchev–Trinajstić information content (AvgIpc) is 2.74. The predicted octanol–water partition coefficient (Wildman–Crippen LogP) is 3.48. The quantitative estimate of drug-likeness (QED) is 0.830. The lowest BCUT2D eigenvalue weighted by Gasteiger charge is -2.35. The van der Waals surface area contributed by atoms with Crippen LogP contribution in [0.5, 0.6) is 5.75 Å². The van der Waals surface area contributed by atoms with Gasteiger partial charge >= 0.3 is 0 Å². The van der Waals surface area contributed by atoms with E-state index in [1.54, 1.807) is 7.11 Å². The van der Waals surface area contributed by atoms with Gasteiger partial charge in [0, 0.05) is 19.6 Å². The zero-order valence-electron chi connectivity index (χ0n) is 16.2. The van der Waals surface area contributed by atoms with Crippen molar-refractivity contribution in [1.82, 2.24) is 5.32 Å². The monoisotopic (exact) mass is 370 g/mol. The summed E-state index contributed by atoms with van der Waals surface area (Å²) in [6, 6.07) is 8.30. The van der Waals surface area contributed by atoms with Crippen LogP contribution in [0.4, 0.5) is 5.69 Å². The lowest BCUT2D eigenvalue weighted by molar-refractivity contribution is -0.00829. The van der Waals surface area contributed by atoms with E-state index in [9.17, 15) is 0 Å². The van der Waals surface area contributed by atoms with Gasteiger partial charge < -0.3 is 24.4 Å². The van der Waals surface area contributed by atoms with Crippen molar-refractivity contribution in [2.45, 2.75) is 31.8 Å². The number of hydrogen-bond donors (Lipinski definition) is 1. The lowest BCUT2D eigenvalue weighted by atomic mass is 9.96. The van der Waals surface area contributed by atoms with Gasteiger partial charge in [0.1, 0.15) is 18.5 Å². The number of piperidine rings is 1. The van der Waals surface area contributed by atoms with Crippen molar-refractivity contribution in [3.05, 3.63) is 47.9 Å². The van der Waals surface area contributed by atoms with Crippen LogP contribution >= 0.6 is 0 Å². The highest BCUT2D eigenvalue weighted by atomic mass is 16.6. The number of rotatable bonds is 6. The highest BCUT2D eigenvalue weighted by Crippen LogP contribution is 2.31. The summed E-state index contributed by atoms with van der Waals surface area (Å²) in [5, 5.41) is 3.60. The molecule has 2 aliphatic heterocycles. The maximum Gasteiger partial charge on any atom is 0.157 e. The molecule has 2 fully saturated rings. The van der Waals surface area contributed by atoms with E-state index in [0.717, 1.165) is 56.3 Å². The van der Waals surface area contributed by atoms with Crippen LogP contribution in [0.25, 0.3) is 0 Å². The summed E-state index contributed by atoms with van der Waals surface area (Å²) in [5.74, 6) is 3.55. The average molecular weight is 370 g/mol. The first kappa shape index (κ1) is 18.2. The number of methoxy groups -OCH3 is 1. The molecule has 4 rings (SSSR count). The van der Waals surface area contributed by atoms with Crippen LogP contribution in [0, 0.1) is 5.92 Å². The molecule has 2 heterocycles.